The molecule has 4 nitrogen and oxygen atoms in total. The van der Waals surface area contributed by atoms with Gasteiger partial charge in [0.15, 0.2) is 0 Å². The summed E-state index contributed by atoms with van der Waals surface area (Å²) in [5, 5.41) is 8.80. The van der Waals surface area contributed by atoms with Gasteiger partial charge in [-0.3, -0.25) is 0 Å². The first-order chi connectivity index (χ1) is 9.54. The summed E-state index contributed by atoms with van der Waals surface area (Å²) >= 11 is 0. The van der Waals surface area contributed by atoms with E-state index < -0.39 is 10.0 Å². The zero-order valence-corrected chi connectivity index (χ0v) is 12.8. The molecule has 0 radical (unpaired) electrons. The Hall–Kier alpha value is -0.910. The number of hydrogen-bond acceptors (Lipinski definition) is 3. The number of piperidine rings is 1. The smallest absolute Gasteiger partial charge is 0.243 e. The van der Waals surface area contributed by atoms with Gasteiger partial charge in [-0.1, -0.05) is 19.1 Å². The predicted octanol–water partition coefficient (Wildman–Crippen LogP) is 2.03. The topological polar surface area (TPSA) is 57.6 Å². The van der Waals surface area contributed by atoms with Gasteiger partial charge in [-0.15, -0.1) is 0 Å². The molecular weight excluding hydrogens is 274 g/mol. The molecule has 20 heavy (non-hydrogen) atoms. The van der Waals surface area contributed by atoms with Gasteiger partial charge in [0.2, 0.25) is 10.0 Å². The lowest BCUT2D eigenvalue weighted by Crippen LogP contribution is -2.37. The minimum Gasteiger partial charge on any atom is -0.396 e. The molecule has 0 bridgehead atoms. The summed E-state index contributed by atoms with van der Waals surface area (Å²) in [6.45, 7) is 3.57. The summed E-state index contributed by atoms with van der Waals surface area (Å²) in [6, 6.07) is 7.05. The van der Waals surface area contributed by atoms with E-state index in [0.717, 1.165) is 24.8 Å². The van der Waals surface area contributed by atoms with E-state index in [-0.39, 0.29) is 6.61 Å². The molecule has 1 saturated heterocycles. The Balaban J connectivity index is 2.09. The van der Waals surface area contributed by atoms with Crippen LogP contribution in [0.4, 0.5) is 0 Å². The summed E-state index contributed by atoms with van der Waals surface area (Å²) in [7, 11) is -3.34. The maximum absolute atomic E-state index is 12.5. The SMILES string of the molecule is CC1CCN(S(=O)(=O)c2ccc(CCCO)cc2)CC1. The standard InChI is InChI=1S/C15H23NO3S/c1-13-8-10-16(11-9-13)20(18,19)15-6-4-14(5-7-15)3-2-12-17/h4-7,13,17H,2-3,8-12H2,1H3. The lowest BCUT2D eigenvalue weighted by molar-refractivity contribution is 0.287. The highest BCUT2D eigenvalue weighted by Gasteiger charge is 2.27. The molecule has 1 aromatic rings. The fourth-order valence-corrected chi connectivity index (χ4v) is 3.96. The maximum Gasteiger partial charge on any atom is 0.243 e. The lowest BCUT2D eigenvalue weighted by atomic mass is 10.0. The number of rotatable bonds is 5. The van der Waals surface area contributed by atoms with Crippen LogP contribution in [-0.4, -0.2) is 37.5 Å². The normalized spacial score (nSPS) is 18.3. The summed E-state index contributed by atoms with van der Waals surface area (Å²) in [5.74, 6) is 0.613. The van der Waals surface area contributed by atoms with Crippen LogP contribution in [0, 0.1) is 5.92 Å². The number of aryl methyl sites for hydroxylation is 1. The van der Waals surface area contributed by atoms with Crippen LogP contribution in [0.15, 0.2) is 29.2 Å². The highest BCUT2D eigenvalue weighted by molar-refractivity contribution is 7.89. The molecule has 0 unspecified atom stereocenters. The highest BCUT2D eigenvalue weighted by atomic mass is 32.2. The second kappa shape index (κ2) is 6.70. The van der Waals surface area contributed by atoms with Crippen LogP contribution >= 0.6 is 0 Å². The van der Waals surface area contributed by atoms with Crippen LogP contribution in [0.5, 0.6) is 0 Å². The molecule has 0 atom stereocenters. The first-order valence-electron chi connectivity index (χ1n) is 7.24. The minimum absolute atomic E-state index is 0.159. The Morgan fingerprint density at radius 2 is 1.80 bits per heavy atom. The summed E-state index contributed by atoms with van der Waals surface area (Å²) in [4.78, 5) is 0.375. The van der Waals surface area contributed by atoms with Crippen molar-refractivity contribution >= 4 is 10.0 Å². The largest absolute Gasteiger partial charge is 0.396 e. The molecule has 5 heteroatoms. The van der Waals surface area contributed by atoms with Crippen LogP contribution < -0.4 is 0 Å². The number of benzene rings is 1. The molecule has 1 N–H and O–H groups in total. The van der Waals surface area contributed by atoms with Gasteiger partial charge in [-0.2, -0.15) is 4.31 Å². The van der Waals surface area contributed by atoms with Crippen LogP contribution in [0.25, 0.3) is 0 Å². The van der Waals surface area contributed by atoms with Crippen molar-refractivity contribution < 1.29 is 13.5 Å². The molecule has 0 aromatic heterocycles. The van der Waals surface area contributed by atoms with E-state index in [0.29, 0.717) is 30.3 Å². The number of hydrogen-bond donors (Lipinski definition) is 1. The minimum atomic E-state index is -3.34. The highest BCUT2D eigenvalue weighted by Crippen LogP contribution is 2.23. The Bertz CT molecular complexity index is 517. The van der Waals surface area contributed by atoms with Crippen molar-refractivity contribution in [3.63, 3.8) is 0 Å². The number of nitrogens with zero attached hydrogens (tertiary/aromatic N) is 1. The molecule has 1 aliphatic rings. The van der Waals surface area contributed by atoms with Gasteiger partial charge >= 0.3 is 0 Å². The first-order valence-corrected chi connectivity index (χ1v) is 8.68. The quantitative estimate of drug-likeness (QED) is 0.904. The number of sulfonamides is 1. The molecule has 2 rings (SSSR count). The summed E-state index contributed by atoms with van der Waals surface area (Å²) in [5.41, 5.74) is 1.06. The number of aliphatic hydroxyl groups excluding tert-OH is 1. The van der Waals surface area contributed by atoms with E-state index in [1.807, 2.05) is 12.1 Å². The molecule has 1 heterocycles. The lowest BCUT2D eigenvalue weighted by Gasteiger charge is -2.29. The molecule has 112 valence electrons. The van der Waals surface area contributed by atoms with Gasteiger partial charge in [0.05, 0.1) is 4.90 Å². The molecule has 0 amide bonds. The molecule has 1 fully saturated rings. The van der Waals surface area contributed by atoms with Crippen LogP contribution in [-0.2, 0) is 16.4 Å². The summed E-state index contributed by atoms with van der Waals surface area (Å²) in [6.07, 6.45) is 3.36. The van der Waals surface area contributed by atoms with Gasteiger partial charge in [0.25, 0.3) is 0 Å². The Kier molecular flexibility index (Phi) is 5.18. The van der Waals surface area contributed by atoms with Crippen LogP contribution in [0.1, 0.15) is 31.7 Å². The predicted molar refractivity (Wildman–Crippen MR) is 79.0 cm³/mol. The van der Waals surface area contributed by atoms with Crippen molar-refractivity contribution in [2.24, 2.45) is 5.92 Å². The molecule has 1 aromatic carbocycles. The number of aliphatic hydroxyl groups is 1. The fourth-order valence-electron chi connectivity index (χ4n) is 2.49. The second-order valence-electron chi connectivity index (χ2n) is 5.56. The molecule has 1 aliphatic heterocycles. The van der Waals surface area contributed by atoms with Crippen molar-refractivity contribution in [2.75, 3.05) is 19.7 Å². The van der Waals surface area contributed by atoms with Crippen LogP contribution in [0.2, 0.25) is 0 Å². The maximum atomic E-state index is 12.5. The molecule has 0 saturated carbocycles. The van der Waals surface area contributed by atoms with Gasteiger partial charge in [0, 0.05) is 19.7 Å². The van der Waals surface area contributed by atoms with Crippen LogP contribution in [0.3, 0.4) is 0 Å². The van der Waals surface area contributed by atoms with Gasteiger partial charge in [0.1, 0.15) is 0 Å². The van der Waals surface area contributed by atoms with Crippen molar-refractivity contribution in [3.05, 3.63) is 29.8 Å². The van der Waals surface area contributed by atoms with E-state index >= 15 is 0 Å². The van der Waals surface area contributed by atoms with Gasteiger partial charge in [-0.05, 0) is 49.3 Å². The van der Waals surface area contributed by atoms with Crippen molar-refractivity contribution in [3.8, 4) is 0 Å². The molecular formula is C15H23NO3S. The third-order valence-electron chi connectivity index (χ3n) is 3.93. The third kappa shape index (κ3) is 3.59. The molecule has 0 aliphatic carbocycles. The Morgan fingerprint density at radius 1 is 1.20 bits per heavy atom. The van der Waals surface area contributed by atoms with E-state index in [1.54, 1.807) is 16.4 Å². The van der Waals surface area contributed by atoms with Gasteiger partial charge < -0.3 is 5.11 Å². The average Bonchev–Trinajstić information content (AvgIpc) is 2.46. The Morgan fingerprint density at radius 3 is 2.35 bits per heavy atom. The average molecular weight is 297 g/mol. The van der Waals surface area contributed by atoms with E-state index in [1.165, 1.54) is 0 Å². The van der Waals surface area contributed by atoms with E-state index in [9.17, 15) is 8.42 Å². The summed E-state index contributed by atoms with van der Waals surface area (Å²) < 4.78 is 26.6. The zero-order valence-electron chi connectivity index (χ0n) is 12.0. The van der Waals surface area contributed by atoms with Gasteiger partial charge in [-0.25, -0.2) is 8.42 Å². The van der Waals surface area contributed by atoms with E-state index in [4.69, 9.17) is 5.11 Å². The zero-order chi connectivity index (χ0) is 14.6. The first kappa shape index (κ1) is 15.5. The third-order valence-corrected chi connectivity index (χ3v) is 5.84. The second-order valence-corrected chi connectivity index (χ2v) is 7.50. The Labute approximate surface area is 121 Å². The monoisotopic (exact) mass is 297 g/mol. The van der Waals surface area contributed by atoms with Crippen molar-refractivity contribution in [1.82, 2.24) is 4.31 Å². The molecule has 0 spiro atoms. The fraction of sp³-hybridized carbons (Fsp3) is 0.600. The van der Waals surface area contributed by atoms with Crippen molar-refractivity contribution in [1.29, 1.82) is 0 Å². The van der Waals surface area contributed by atoms with Crippen molar-refractivity contribution in [2.45, 2.75) is 37.5 Å². The van der Waals surface area contributed by atoms with E-state index in [2.05, 4.69) is 6.92 Å².